The fourth-order valence-corrected chi connectivity index (χ4v) is 4.60. The molecule has 2 nitrogen and oxygen atoms in total. The Kier molecular flexibility index (Phi) is 8.25. The van der Waals surface area contributed by atoms with Crippen LogP contribution in [-0.4, -0.2) is 9.66 Å². The minimum Gasteiger partial charge on any atom is -0.508 e. The van der Waals surface area contributed by atoms with Gasteiger partial charge >= 0.3 is 0 Å². The molecule has 0 aromatic heterocycles. The van der Waals surface area contributed by atoms with Crippen molar-refractivity contribution in [3.05, 3.63) is 53.1 Å². The van der Waals surface area contributed by atoms with E-state index in [4.69, 9.17) is 4.55 Å². The quantitative estimate of drug-likeness (QED) is 0.283. The second-order valence-electron chi connectivity index (χ2n) is 9.93. The second kappa shape index (κ2) is 9.34. The lowest BCUT2D eigenvalue weighted by molar-refractivity contribution is 0.283. The smallest absolute Gasteiger partial charge is 0.119 e. The molecule has 0 fully saturated rings. The van der Waals surface area contributed by atoms with Gasteiger partial charge in [-0.05, 0) is 74.4 Å². The Balaban J connectivity index is 0.00000176. The topological polar surface area (TPSA) is 40.5 Å². The van der Waals surface area contributed by atoms with E-state index in [1.165, 1.54) is 16.7 Å². The van der Waals surface area contributed by atoms with E-state index in [9.17, 15) is 5.11 Å². The summed E-state index contributed by atoms with van der Waals surface area (Å²) in [7, 11) is 0. The average molecular weight is 391 g/mol. The maximum absolute atomic E-state index is 10.8. The number of thiol groups is 1. The molecule has 3 heteroatoms. The highest BCUT2D eigenvalue weighted by Crippen LogP contribution is 2.44. The SMILES string of the molecule is C=C(C)C1CCC(C)=CC1c1ccc(C(C)(C)CC(C)(C)C)cc1O.OS. The molecule has 0 spiro atoms. The van der Waals surface area contributed by atoms with Crippen molar-refractivity contribution in [1.29, 1.82) is 0 Å². The largest absolute Gasteiger partial charge is 0.508 e. The highest BCUT2D eigenvalue weighted by atomic mass is 32.1. The van der Waals surface area contributed by atoms with E-state index in [2.05, 4.69) is 86.2 Å². The van der Waals surface area contributed by atoms with Crippen LogP contribution in [-0.2, 0) is 5.41 Å². The fourth-order valence-electron chi connectivity index (χ4n) is 4.60. The predicted octanol–water partition coefficient (Wildman–Crippen LogP) is 7.51. The minimum absolute atomic E-state index is 0.0420. The molecule has 0 aliphatic heterocycles. The predicted molar refractivity (Wildman–Crippen MR) is 121 cm³/mol. The van der Waals surface area contributed by atoms with Crippen LogP contribution in [0.2, 0.25) is 0 Å². The molecular formula is C24H38O2S. The Hall–Kier alpha value is -1.19. The van der Waals surface area contributed by atoms with Crippen molar-refractivity contribution >= 4 is 12.9 Å². The first kappa shape index (κ1) is 23.8. The molecule has 0 radical (unpaired) electrons. The molecule has 2 atom stereocenters. The van der Waals surface area contributed by atoms with E-state index in [0.717, 1.165) is 24.8 Å². The van der Waals surface area contributed by atoms with Crippen LogP contribution in [0.15, 0.2) is 42.0 Å². The molecule has 2 unspecified atom stereocenters. The first-order valence-electron chi connectivity index (χ1n) is 9.77. The molecule has 0 heterocycles. The molecule has 2 N–H and O–H groups in total. The third-order valence-corrected chi connectivity index (χ3v) is 5.52. The van der Waals surface area contributed by atoms with Gasteiger partial charge in [0.25, 0.3) is 0 Å². The van der Waals surface area contributed by atoms with Gasteiger partial charge in [-0.15, -0.1) is 0 Å². The van der Waals surface area contributed by atoms with E-state index < -0.39 is 0 Å². The molecule has 0 amide bonds. The third kappa shape index (κ3) is 6.43. The summed E-state index contributed by atoms with van der Waals surface area (Å²) in [5.74, 6) is 1.09. The molecule has 1 aliphatic carbocycles. The van der Waals surface area contributed by atoms with Crippen molar-refractivity contribution in [2.45, 2.75) is 79.1 Å². The maximum Gasteiger partial charge on any atom is 0.119 e. The Morgan fingerprint density at radius 1 is 1.19 bits per heavy atom. The van der Waals surface area contributed by atoms with Gasteiger partial charge in [0.1, 0.15) is 5.75 Å². The Labute approximate surface area is 172 Å². The summed E-state index contributed by atoms with van der Waals surface area (Å²) in [6.45, 7) is 19.9. The third-order valence-electron chi connectivity index (χ3n) is 5.52. The summed E-state index contributed by atoms with van der Waals surface area (Å²) in [6.07, 6.45) is 5.66. The number of hydrogen-bond donors (Lipinski definition) is 3. The van der Waals surface area contributed by atoms with Gasteiger partial charge in [-0.3, -0.25) is 0 Å². The summed E-state index contributed by atoms with van der Waals surface area (Å²) in [4.78, 5) is 0. The highest BCUT2D eigenvalue weighted by Gasteiger charge is 2.30. The first-order valence-corrected chi connectivity index (χ1v) is 10.2. The van der Waals surface area contributed by atoms with E-state index in [-0.39, 0.29) is 16.7 Å². The highest BCUT2D eigenvalue weighted by molar-refractivity contribution is 7.74. The lowest BCUT2D eigenvalue weighted by Gasteiger charge is -2.34. The van der Waals surface area contributed by atoms with Crippen LogP contribution in [0.1, 0.15) is 84.8 Å². The Morgan fingerprint density at radius 2 is 1.78 bits per heavy atom. The summed E-state index contributed by atoms with van der Waals surface area (Å²) in [6, 6.07) is 6.35. The van der Waals surface area contributed by atoms with Crippen molar-refractivity contribution in [2.24, 2.45) is 11.3 Å². The lowest BCUT2D eigenvalue weighted by atomic mass is 9.71. The van der Waals surface area contributed by atoms with Crippen LogP contribution in [0.4, 0.5) is 0 Å². The van der Waals surface area contributed by atoms with Gasteiger partial charge in [0.05, 0.1) is 0 Å². The van der Waals surface area contributed by atoms with Gasteiger partial charge in [0, 0.05) is 11.5 Å². The van der Waals surface area contributed by atoms with Gasteiger partial charge in [-0.1, -0.05) is 70.6 Å². The maximum atomic E-state index is 10.8. The van der Waals surface area contributed by atoms with Crippen LogP contribution >= 0.6 is 12.9 Å². The summed E-state index contributed by atoms with van der Waals surface area (Å²) in [5, 5.41) is 10.8. The molecule has 152 valence electrons. The van der Waals surface area contributed by atoms with Crippen LogP contribution in [0, 0.1) is 11.3 Å². The fraction of sp³-hybridized carbons (Fsp3) is 0.583. The molecule has 27 heavy (non-hydrogen) atoms. The zero-order valence-corrected chi connectivity index (χ0v) is 19.0. The van der Waals surface area contributed by atoms with Crippen molar-refractivity contribution in [3.63, 3.8) is 0 Å². The number of hydrogen-bond acceptors (Lipinski definition) is 3. The summed E-state index contributed by atoms with van der Waals surface area (Å²) in [5.41, 5.74) is 5.19. The van der Waals surface area contributed by atoms with E-state index in [1.807, 2.05) is 6.07 Å². The number of phenolic OH excluding ortho intramolecular Hbond substituents is 1. The van der Waals surface area contributed by atoms with E-state index in [0.29, 0.717) is 11.7 Å². The number of aromatic hydroxyl groups is 1. The molecular weight excluding hydrogens is 352 g/mol. The van der Waals surface area contributed by atoms with E-state index in [1.54, 1.807) is 0 Å². The van der Waals surface area contributed by atoms with Crippen molar-refractivity contribution < 1.29 is 9.66 Å². The molecule has 0 saturated heterocycles. The van der Waals surface area contributed by atoms with Crippen molar-refractivity contribution in [2.75, 3.05) is 0 Å². The second-order valence-corrected chi connectivity index (χ2v) is 9.93. The number of allylic oxidation sites excluding steroid dienone is 3. The standard InChI is InChI=1S/C24H36O.H2OS/c1-16(2)19-11-9-17(3)13-21(19)20-12-10-18(14-22(20)25)24(7,8)15-23(4,5)6;1-2/h10,12-14,19,21,25H,1,9,11,15H2,2-8H3;1-2H. The monoisotopic (exact) mass is 390 g/mol. The zero-order chi connectivity index (χ0) is 21.0. The molecule has 2 rings (SSSR count). The first-order chi connectivity index (χ1) is 12.4. The van der Waals surface area contributed by atoms with E-state index >= 15 is 0 Å². The normalized spacial score (nSPS) is 20.4. The number of rotatable bonds is 4. The van der Waals surface area contributed by atoms with Crippen LogP contribution in [0.25, 0.3) is 0 Å². The van der Waals surface area contributed by atoms with Crippen molar-refractivity contribution in [3.8, 4) is 5.75 Å². The number of phenols is 1. The summed E-state index contributed by atoms with van der Waals surface area (Å²) < 4.78 is 6.69. The van der Waals surface area contributed by atoms with Gasteiger partial charge in [-0.25, -0.2) is 0 Å². The number of benzene rings is 1. The van der Waals surface area contributed by atoms with Crippen LogP contribution in [0.5, 0.6) is 5.75 Å². The van der Waals surface area contributed by atoms with Gasteiger partial charge in [0.15, 0.2) is 0 Å². The molecule has 0 bridgehead atoms. The average Bonchev–Trinajstić information content (AvgIpc) is 2.54. The molecule has 1 aromatic rings. The van der Waals surface area contributed by atoms with Gasteiger partial charge in [0.2, 0.25) is 0 Å². The minimum atomic E-state index is 0.0420. The van der Waals surface area contributed by atoms with Gasteiger partial charge < -0.3 is 9.66 Å². The van der Waals surface area contributed by atoms with Crippen LogP contribution in [0.3, 0.4) is 0 Å². The zero-order valence-electron chi connectivity index (χ0n) is 18.1. The van der Waals surface area contributed by atoms with Crippen LogP contribution < -0.4 is 0 Å². The Morgan fingerprint density at radius 3 is 2.26 bits per heavy atom. The lowest BCUT2D eigenvalue weighted by Crippen LogP contribution is -2.25. The Bertz CT molecular complexity index is 680. The van der Waals surface area contributed by atoms with Gasteiger partial charge in [-0.2, -0.15) is 0 Å². The summed E-state index contributed by atoms with van der Waals surface area (Å²) >= 11 is 2.53. The molecule has 1 aromatic carbocycles. The molecule has 0 saturated carbocycles. The van der Waals surface area contributed by atoms with Crippen molar-refractivity contribution in [1.82, 2.24) is 0 Å². The molecule has 1 aliphatic rings.